The second-order valence-electron chi connectivity index (χ2n) is 5.59. The van der Waals surface area contributed by atoms with Gasteiger partial charge in [-0.2, -0.15) is 0 Å². The molecule has 1 aromatic rings. The second-order valence-corrected chi connectivity index (χ2v) is 5.59. The van der Waals surface area contributed by atoms with Gasteiger partial charge in [0.05, 0.1) is 0 Å². The van der Waals surface area contributed by atoms with Crippen molar-refractivity contribution in [2.45, 2.75) is 70.8 Å². The number of benzene rings is 1. The Morgan fingerprint density at radius 2 is 1.71 bits per heavy atom. The van der Waals surface area contributed by atoms with Crippen molar-refractivity contribution in [1.29, 1.82) is 0 Å². The second kappa shape index (κ2) is 11.2. The van der Waals surface area contributed by atoms with E-state index in [9.17, 15) is 4.79 Å². The maximum absolute atomic E-state index is 10.7. The molecule has 0 saturated carbocycles. The fourth-order valence-electron chi connectivity index (χ4n) is 2.55. The van der Waals surface area contributed by atoms with E-state index in [0.29, 0.717) is 0 Å². The van der Waals surface area contributed by atoms with E-state index in [2.05, 4.69) is 31.2 Å². The standard InChI is InChI=1S/C18H28O3/c1-2-3-4-8-14-17(21-18(19)20)15-10-9-13-16-11-6-5-7-12-16/h5-7,11-12,17H,2-4,8-10,13-15H2,1H3,(H,19,20). The summed E-state index contributed by atoms with van der Waals surface area (Å²) in [6.07, 6.45) is 8.21. The number of unbranched alkanes of at least 4 members (excludes halogenated alkanes) is 4. The third-order valence-corrected chi connectivity index (χ3v) is 3.73. The predicted molar refractivity (Wildman–Crippen MR) is 85.7 cm³/mol. The Bertz CT molecular complexity index is 375. The monoisotopic (exact) mass is 292 g/mol. The Balaban J connectivity index is 2.20. The first kappa shape index (κ1) is 17.5. The molecule has 0 aliphatic rings. The van der Waals surface area contributed by atoms with E-state index in [1.807, 2.05) is 6.07 Å². The Hall–Kier alpha value is -1.51. The number of aryl methyl sites for hydroxylation is 1. The summed E-state index contributed by atoms with van der Waals surface area (Å²) in [6.45, 7) is 2.18. The molecule has 0 saturated heterocycles. The molecule has 3 nitrogen and oxygen atoms in total. The third kappa shape index (κ3) is 9.11. The molecule has 118 valence electrons. The van der Waals surface area contributed by atoms with Gasteiger partial charge in [0.2, 0.25) is 0 Å². The summed E-state index contributed by atoms with van der Waals surface area (Å²) in [5, 5.41) is 8.80. The molecule has 0 fully saturated rings. The van der Waals surface area contributed by atoms with Crippen LogP contribution in [0.15, 0.2) is 30.3 Å². The van der Waals surface area contributed by atoms with Gasteiger partial charge in [-0.25, -0.2) is 4.79 Å². The summed E-state index contributed by atoms with van der Waals surface area (Å²) in [5.41, 5.74) is 1.34. The average molecular weight is 292 g/mol. The Morgan fingerprint density at radius 1 is 1.05 bits per heavy atom. The first-order chi connectivity index (χ1) is 10.2. The van der Waals surface area contributed by atoms with Crippen molar-refractivity contribution in [3.63, 3.8) is 0 Å². The van der Waals surface area contributed by atoms with Gasteiger partial charge in [-0.05, 0) is 44.1 Å². The Labute approximate surface area is 128 Å². The predicted octanol–water partition coefficient (Wildman–Crippen LogP) is 5.43. The van der Waals surface area contributed by atoms with Crippen molar-refractivity contribution < 1.29 is 14.6 Å². The molecule has 0 aromatic heterocycles. The van der Waals surface area contributed by atoms with Crippen molar-refractivity contribution >= 4 is 6.16 Å². The lowest BCUT2D eigenvalue weighted by molar-refractivity contribution is 0.0423. The van der Waals surface area contributed by atoms with Gasteiger partial charge in [0.15, 0.2) is 0 Å². The fourth-order valence-corrected chi connectivity index (χ4v) is 2.55. The summed E-state index contributed by atoms with van der Waals surface area (Å²) in [4.78, 5) is 10.7. The molecule has 0 spiro atoms. The highest BCUT2D eigenvalue weighted by molar-refractivity contribution is 5.57. The molecule has 1 unspecified atom stereocenters. The highest BCUT2D eigenvalue weighted by Gasteiger charge is 2.12. The van der Waals surface area contributed by atoms with Gasteiger partial charge in [-0.3, -0.25) is 0 Å². The van der Waals surface area contributed by atoms with E-state index < -0.39 is 6.16 Å². The van der Waals surface area contributed by atoms with Gasteiger partial charge in [-0.15, -0.1) is 0 Å². The zero-order valence-electron chi connectivity index (χ0n) is 13.1. The smallest absolute Gasteiger partial charge is 0.450 e. The van der Waals surface area contributed by atoms with Gasteiger partial charge in [0.25, 0.3) is 0 Å². The first-order valence-electron chi connectivity index (χ1n) is 8.16. The van der Waals surface area contributed by atoms with Crippen molar-refractivity contribution in [2.24, 2.45) is 0 Å². The van der Waals surface area contributed by atoms with Crippen molar-refractivity contribution in [3.05, 3.63) is 35.9 Å². The fraction of sp³-hybridized carbons (Fsp3) is 0.611. The number of hydrogen-bond donors (Lipinski definition) is 1. The molecule has 1 atom stereocenters. The van der Waals surface area contributed by atoms with Crippen LogP contribution in [0.4, 0.5) is 4.79 Å². The minimum Gasteiger partial charge on any atom is -0.450 e. The molecule has 3 heteroatoms. The number of rotatable bonds is 11. The molecule has 0 aliphatic carbocycles. The van der Waals surface area contributed by atoms with Crippen molar-refractivity contribution in [2.75, 3.05) is 0 Å². The zero-order valence-corrected chi connectivity index (χ0v) is 13.1. The maximum atomic E-state index is 10.7. The maximum Gasteiger partial charge on any atom is 0.506 e. The lowest BCUT2D eigenvalue weighted by Crippen LogP contribution is -2.17. The molecule has 1 N–H and O–H groups in total. The van der Waals surface area contributed by atoms with Crippen LogP contribution >= 0.6 is 0 Å². The molecule has 0 bridgehead atoms. The van der Waals surface area contributed by atoms with E-state index in [1.165, 1.54) is 24.8 Å². The largest absolute Gasteiger partial charge is 0.506 e. The van der Waals surface area contributed by atoms with E-state index in [-0.39, 0.29) is 6.10 Å². The van der Waals surface area contributed by atoms with Gasteiger partial charge >= 0.3 is 6.16 Å². The molecule has 0 heterocycles. The van der Waals surface area contributed by atoms with Crippen LogP contribution in [0.1, 0.15) is 63.9 Å². The van der Waals surface area contributed by atoms with Crippen LogP contribution in [0, 0.1) is 0 Å². The third-order valence-electron chi connectivity index (χ3n) is 3.73. The molecule has 1 rings (SSSR count). The average Bonchev–Trinajstić information content (AvgIpc) is 2.48. The number of carboxylic acid groups (broad SMARTS) is 1. The zero-order chi connectivity index (χ0) is 15.3. The summed E-state index contributed by atoms with van der Waals surface area (Å²) in [7, 11) is 0. The number of carbonyl (C=O) groups is 1. The summed E-state index contributed by atoms with van der Waals surface area (Å²) in [5.74, 6) is 0. The van der Waals surface area contributed by atoms with E-state index in [1.54, 1.807) is 0 Å². The molecule has 0 aliphatic heterocycles. The lowest BCUT2D eigenvalue weighted by atomic mass is 10.0. The van der Waals surface area contributed by atoms with E-state index in [4.69, 9.17) is 9.84 Å². The normalized spacial score (nSPS) is 12.0. The van der Waals surface area contributed by atoms with Gasteiger partial charge in [0.1, 0.15) is 6.10 Å². The minimum absolute atomic E-state index is 0.130. The topological polar surface area (TPSA) is 46.5 Å². The molecule has 0 radical (unpaired) electrons. The van der Waals surface area contributed by atoms with Crippen molar-refractivity contribution in [1.82, 2.24) is 0 Å². The number of hydrogen-bond acceptors (Lipinski definition) is 2. The van der Waals surface area contributed by atoms with E-state index in [0.717, 1.165) is 38.5 Å². The Morgan fingerprint density at radius 3 is 2.33 bits per heavy atom. The summed E-state index contributed by atoms with van der Waals surface area (Å²) in [6, 6.07) is 10.4. The number of ether oxygens (including phenoxy) is 1. The highest BCUT2D eigenvalue weighted by Crippen LogP contribution is 2.15. The van der Waals surface area contributed by atoms with Gasteiger partial charge in [-0.1, -0.05) is 56.5 Å². The van der Waals surface area contributed by atoms with Crippen LogP contribution in [-0.2, 0) is 11.2 Å². The molecule has 1 aromatic carbocycles. The van der Waals surface area contributed by atoms with Crippen LogP contribution in [-0.4, -0.2) is 17.4 Å². The van der Waals surface area contributed by atoms with Crippen LogP contribution in [0.25, 0.3) is 0 Å². The van der Waals surface area contributed by atoms with Crippen LogP contribution < -0.4 is 0 Å². The van der Waals surface area contributed by atoms with Crippen LogP contribution in [0.3, 0.4) is 0 Å². The minimum atomic E-state index is -1.14. The van der Waals surface area contributed by atoms with Crippen molar-refractivity contribution in [3.8, 4) is 0 Å². The van der Waals surface area contributed by atoms with Crippen LogP contribution in [0.5, 0.6) is 0 Å². The molecule has 21 heavy (non-hydrogen) atoms. The van der Waals surface area contributed by atoms with Crippen LogP contribution in [0.2, 0.25) is 0 Å². The quantitative estimate of drug-likeness (QED) is 0.437. The Kier molecular flexibility index (Phi) is 9.34. The SMILES string of the molecule is CCCCCCC(CCCCc1ccccc1)OC(=O)O. The van der Waals surface area contributed by atoms with Gasteiger partial charge in [0, 0.05) is 0 Å². The summed E-state index contributed by atoms with van der Waals surface area (Å²) >= 11 is 0. The molecular weight excluding hydrogens is 264 g/mol. The van der Waals surface area contributed by atoms with Gasteiger partial charge < -0.3 is 9.84 Å². The van der Waals surface area contributed by atoms with E-state index >= 15 is 0 Å². The highest BCUT2D eigenvalue weighted by atomic mass is 16.7. The molecular formula is C18H28O3. The first-order valence-corrected chi connectivity index (χ1v) is 8.16. The molecule has 0 amide bonds. The summed E-state index contributed by atoms with van der Waals surface area (Å²) < 4.78 is 5.00. The lowest BCUT2D eigenvalue weighted by Gasteiger charge is -2.15.